The Morgan fingerprint density at radius 1 is 1.05 bits per heavy atom. The maximum atomic E-state index is 12.9. The van der Waals surface area contributed by atoms with Gasteiger partial charge in [-0.3, -0.25) is 9.59 Å². The minimum Gasteiger partial charge on any atom is -0.340 e. The van der Waals surface area contributed by atoms with E-state index in [1.54, 1.807) is 0 Å². The Morgan fingerprint density at radius 2 is 1.64 bits per heavy atom. The molecule has 1 aliphatic rings. The number of carbonyl (C=O) groups is 2. The Morgan fingerprint density at radius 3 is 2.18 bits per heavy atom. The standard InChI is InChI=1S/C17H25N3O2/c1-13(2)16(21)18-15(14-7-5-4-6-8-14)17(22)20-11-9-19(3)10-12-20/h4-8,13,15H,9-12H2,1-3H3,(H,18,21)/t15-/m0/s1. The smallest absolute Gasteiger partial charge is 0.249 e. The summed E-state index contributed by atoms with van der Waals surface area (Å²) >= 11 is 0. The van der Waals surface area contributed by atoms with Crippen LogP contribution in [0.15, 0.2) is 30.3 Å². The maximum Gasteiger partial charge on any atom is 0.249 e. The number of carbonyl (C=O) groups excluding carboxylic acids is 2. The minimum absolute atomic E-state index is 0.0201. The second kappa shape index (κ2) is 7.40. The molecule has 1 atom stereocenters. The van der Waals surface area contributed by atoms with Crippen molar-refractivity contribution < 1.29 is 9.59 Å². The summed E-state index contributed by atoms with van der Waals surface area (Å²) in [4.78, 5) is 29.0. The molecule has 2 rings (SSSR count). The highest BCUT2D eigenvalue weighted by Crippen LogP contribution is 2.17. The highest BCUT2D eigenvalue weighted by molar-refractivity contribution is 5.89. The van der Waals surface area contributed by atoms with E-state index in [4.69, 9.17) is 0 Å². The lowest BCUT2D eigenvalue weighted by Gasteiger charge is -2.35. The van der Waals surface area contributed by atoms with Gasteiger partial charge in [-0.25, -0.2) is 0 Å². The van der Waals surface area contributed by atoms with E-state index in [-0.39, 0.29) is 17.7 Å². The third-order valence-corrected chi connectivity index (χ3v) is 4.01. The number of piperazine rings is 1. The van der Waals surface area contributed by atoms with Crippen molar-refractivity contribution in [2.24, 2.45) is 5.92 Å². The van der Waals surface area contributed by atoms with Crippen LogP contribution in [-0.2, 0) is 9.59 Å². The number of hydrogen-bond donors (Lipinski definition) is 1. The SMILES string of the molecule is CC(C)C(=O)N[C@H](C(=O)N1CCN(C)CC1)c1ccccc1. The fourth-order valence-corrected chi connectivity index (χ4v) is 2.45. The predicted molar refractivity (Wildman–Crippen MR) is 86.2 cm³/mol. The molecule has 1 heterocycles. The van der Waals surface area contributed by atoms with Gasteiger partial charge in [0.15, 0.2) is 0 Å². The molecule has 1 fully saturated rings. The van der Waals surface area contributed by atoms with Gasteiger partial charge in [-0.05, 0) is 12.6 Å². The second-order valence-electron chi connectivity index (χ2n) is 6.14. The van der Waals surface area contributed by atoms with Gasteiger partial charge >= 0.3 is 0 Å². The number of hydrogen-bond acceptors (Lipinski definition) is 3. The number of nitrogens with one attached hydrogen (secondary N) is 1. The molecule has 5 heteroatoms. The first kappa shape index (κ1) is 16.5. The molecule has 22 heavy (non-hydrogen) atoms. The summed E-state index contributed by atoms with van der Waals surface area (Å²) in [6, 6.07) is 8.87. The summed E-state index contributed by atoms with van der Waals surface area (Å²) in [7, 11) is 2.05. The van der Waals surface area contributed by atoms with Crippen molar-refractivity contribution in [1.29, 1.82) is 0 Å². The summed E-state index contributed by atoms with van der Waals surface area (Å²) in [6.07, 6.45) is 0. The number of rotatable bonds is 4. The number of nitrogens with zero attached hydrogens (tertiary/aromatic N) is 2. The molecule has 0 radical (unpaired) electrons. The van der Waals surface area contributed by atoms with Gasteiger partial charge < -0.3 is 15.1 Å². The first-order valence-corrected chi connectivity index (χ1v) is 7.81. The molecule has 120 valence electrons. The van der Waals surface area contributed by atoms with E-state index in [0.29, 0.717) is 13.1 Å². The summed E-state index contributed by atoms with van der Waals surface area (Å²) in [5.74, 6) is -0.267. The average Bonchev–Trinajstić information content (AvgIpc) is 2.53. The largest absolute Gasteiger partial charge is 0.340 e. The maximum absolute atomic E-state index is 12.9. The summed E-state index contributed by atoms with van der Waals surface area (Å²) in [5, 5.41) is 2.90. The van der Waals surface area contributed by atoms with E-state index in [1.165, 1.54) is 0 Å². The highest BCUT2D eigenvalue weighted by atomic mass is 16.2. The fraction of sp³-hybridized carbons (Fsp3) is 0.529. The summed E-state index contributed by atoms with van der Waals surface area (Å²) < 4.78 is 0. The van der Waals surface area contributed by atoms with Crippen LogP contribution in [0.2, 0.25) is 0 Å². The molecular weight excluding hydrogens is 278 g/mol. The Hall–Kier alpha value is -1.88. The first-order chi connectivity index (χ1) is 10.5. The van der Waals surface area contributed by atoms with Gasteiger partial charge in [0, 0.05) is 32.1 Å². The zero-order valence-electron chi connectivity index (χ0n) is 13.6. The molecule has 1 saturated heterocycles. The number of benzene rings is 1. The van der Waals surface area contributed by atoms with Gasteiger partial charge in [-0.2, -0.15) is 0 Å². The second-order valence-corrected chi connectivity index (χ2v) is 6.14. The molecule has 0 saturated carbocycles. The Bertz CT molecular complexity index is 508. The van der Waals surface area contributed by atoms with E-state index in [2.05, 4.69) is 17.3 Å². The van der Waals surface area contributed by atoms with E-state index >= 15 is 0 Å². The van der Waals surface area contributed by atoms with Crippen LogP contribution < -0.4 is 5.32 Å². The van der Waals surface area contributed by atoms with E-state index in [9.17, 15) is 9.59 Å². The van der Waals surface area contributed by atoms with E-state index in [0.717, 1.165) is 18.7 Å². The molecule has 1 aromatic rings. The average molecular weight is 303 g/mol. The van der Waals surface area contributed by atoms with Gasteiger partial charge in [0.1, 0.15) is 6.04 Å². The van der Waals surface area contributed by atoms with Crippen LogP contribution >= 0.6 is 0 Å². The van der Waals surface area contributed by atoms with Crippen LogP contribution in [0.25, 0.3) is 0 Å². The van der Waals surface area contributed by atoms with Crippen LogP contribution in [-0.4, -0.2) is 54.8 Å². The molecule has 1 N–H and O–H groups in total. The highest BCUT2D eigenvalue weighted by Gasteiger charge is 2.29. The first-order valence-electron chi connectivity index (χ1n) is 7.81. The quantitative estimate of drug-likeness (QED) is 0.911. The van der Waals surface area contributed by atoms with E-state index in [1.807, 2.05) is 49.1 Å². The van der Waals surface area contributed by atoms with Crippen LogP contribution in [0.5, 0.6) is 0 Å². The zero-order chi connectivity index (χ0) is 16.1. The Kier molecular flexibility index (Phi) is 5.55. The minimum atomic E-state index is -0.598. The van der Waals surface area contributed by atoms with Gasteiger partial charge in [0.05, 0.1) is 0 Å². The Labute approximate surface area is 132 Å². The van der Waals surface area contributed by atoms with Crippen LogP contribution in [0.1, 0.15) is 25.5 Å². The van der Waals surface area contributed by atoms with Gasteiger partial charge in [0.25, 0.3) is 0 Å². The molecule has 0 aromatic heterocycles. The lowest BCUT2D eigenvalue weighted by atomic mass is 10.0. The third-order valence-electron chi connectivity index (χ3n) is 4.01. The number of amides is 2. The third kappa shape index (κ3) is 4.07. The van der Waals surface area contributed by atoms with Crippen molar-refractivity contribution in [2.45, 2.75) is 19.9 Å². The molecular formula is C17H25N3O2. The normalized spacial score (nSPS) is 17.4. The zero-order valence-corrected chi connectivity index (χ0v) is 13.6. The summed E-state index contributed by atoms with van der Waals surface area (Å²) in [5.41, 5.74) is 0.834. The molecule has 2 amide bonds. The monoisotopic (exact) mass is 303 g/mol. The summed E-state index contributed by atoms with van der Waals surface area (Å²) in [6.45, 7) is 6.80. The molecule has 0 spiro atoms. The predicted octanol–water partition coefficient (Wildman–Crippen LogP) is 1.27. The van der Waals surface area contributed by atoms with Gasteiger partial charge in [0.2, 0.25) is 11.8 Å². The molecule has 0 aliphatic carbocycles. The van der Waals surface area contributed by atoms with Crippen LogP contribution in [0, 0.1) is 5.92 Å². The van der Waals surface area contributed by atoms with Gasteiger partial charge in [-0.1, -0.05) is 44.2 Å². The van der Waals surface area contributed by atoms with Crippen LogP contribution in [0.4, 0.5) is 0 Å². The molecule has 0 bridgehead atoms. The lowest BCUT2D eigenvalue weighted by molar-refractivity contribution is -0.138. The van der Waals surface area contributed by atoms with Crippen molar-refractivity contribution in [1.82, 2.24) is 15.1 Å². The lowest BCUT2D eigenvalue weighted by Crippen LogP contribution is -2.51. The van der Waals surface area contributed by atoms with Gasteiger partial charge in [-0.15, -0.1) is 0 Å². The topological polar surface area (TPSA) is 52.7 Å². The van der Waals surface area contributed by atoms with Crippen molar-refractivity contribution in [2.75, 3.05) is 33.2 Å². The Balaban J connectivity index is 2.16. The molecule has 1 aromatic carbocycles. The van der Waals surface area contributed by atoms with Crippen LogP contribution in [0.3, 0.4) is 0 Å². The molecule has 1 aliphatic heterocycles. The number of likely N-dealkylation sites (N-methyl/N-ethyl adjacent to an activating group) is 1. The van der Waals surface area contributed by atoms with Crippen molar-refractivity contribution in [3.8, 4) is 0 Å². The van der Waals surface area contributed by atoms with Crippen molar-refractivity contribution >= 4 is 11.8 Å². The molecule has 0 unspecified atom stereocenters. The fourth-order valence-electron chi connectivity index (χ4n) is 2.45. The molecule has 5 nitrogen and oxygen atoms in total. The van der Waals surface area contributed by atoms with E-state index < -0.39 is 6.04 Å². The van der Waals surface area contributed by atoms with Crippen molar-refractivity contribution in [3.05, 3.63) is 35.9 Å². The van der Waals surface area contributed by atoms with Crippen molar-refractivity contribution in [3.63, 3.8) is 0 Å².